The Morgan fingerprint density at radius 3 is 2.18 bits per heavy atom. The molecule has 0 unspecified atom stereocenters. The molecule has 2 N–H and O–H groups in total. The maximum Gasteiger partial charge on any atom is 0.231 e. The van der Waals surface area contributed by atoms with Crippen molar-refractivity contribution in [2.75, 3.05) is 34.0 Å². The number of aliphatic hydroxyl groups excluding tert-OH is 2. The molecule has 0 spiro atoms. The first-order chi connectivity index (χ1) is 22.0. The molecule has 0 aromatic heterocycles. The average Bonchev–Trinajstić information content (AvgIpc) is 3.53. The number of likely N-dealkylation sites (N-methyl/N-ethyl adjacent to an activating group) is 2. The maximum atomic E-state index is 10.6. The molecule has 0 amide bonds. The van der Waals surface area contributed by atoms with Crippen LogP contribution in [0.2, 0.25) is 0 Å². The van der Waals surface area contributed by atoms with Gasteiger partial charge in [-0.25, -0.2) is 0 Å². The number of hydrogen-bond donors (Lipinski definition) is 2. The van der Waals surface area contributed by atoms with E-state index in [1.807, 2.05) is 18.2 Å². The molecule has 5 heterocycles. The standard InChI is InChI=1S/C37H38N2O6/c1-38-11-9-24-16-27(20-41)33-18-29(24)30(38)14-23-3-6-26(19-40)32(15-23)44-28-7-4-22(5-8-28)13-31-35-25(10-12-39(31)2)17-34-36(37(35)45-33)43-21-42-34/h3-8,15-18,30-31,40-41H,9-14,19-21H2,1-2H3/t30-,31+/m1/s1. The van der Waals surface area contributed by atoms with Crippen LogP contribution in [0.1, 0.15) is 56.6 Å². The second kappa shape index (κ2) is 11.4. The third-order valence-corrected chi connectivity index (χ3v) is 9.98. The van der Waals surface area contributed by atoms with E-state index in [-0.39, 0.29) is 32.1 Å². The van der Waals surface area contributed by atoms with Crippen molar-refractivity contribution < 1.29 is 29.2 Å². The van der Waals surface area contributed by atoms with Gasteiger partial charge >= 0.3 is 0 Å². The van der Waals surface area contributed by atoms with Gasteiger partial charge in [0.05, 0.1) is 13.2 Å². The lowest BCUT2D eigenvalue weighted by Crippen LogP contribution is -2.34. The summed E-state index contributed by atoms with van der Waals surface area (Å²) in [5.74, 6) is 4.05. The Morgan fingerprint density at radius 2 is 1.38 bits per heavy atom. The summed E-state index contributed by atoms with van der Waals surface area (Å²) in [6.07, 6.45) is 3.28. The summed E-state index contributed by atoms with van der Waals surface area (Å²) in [6.45, 7) is 1.74. The highest BCUT2D eigenvalue weighted by molar-refractivity contribution is 5.64. The topological polar surface area (TPSA) is 83.9 Å². The molecule has 0 saturated carbocycles. The van der Waals surface area contributed by atoms with Crippen LogP contribution >= 0.6 is 0 Å². The zero-order chi connectivity index (χ0) is 30.7. The van der Waals surface area contributed by atoms with E-state index in [0.717, 1.165) is 66.8 Å². The first-order valence-electron chi connectivity index (χ1n) is 15.8. The summed E-state index contributed by atoms with van der Waals surface area (Å²) in [5.41, 5.74) is 8.52. The number of rotatable bonds is 2. The number of aliphatic hydroxyl groups is 2. The number of hydrogen-bond acceptors (Lipinski definition) is 8. The molecule has 4 aromatic carbocycles. The monoisotopic (exact) mass is 606 g/mol. The fourth-order valence-corrected chi connectivity index (χ4v) is 7.40. The van der Waals surface area contributed by atoms with Gasteiger partial charge in [-0.15, -0.1) is 0 Å². The van der Waals surface area contributed by atoms with Crippen molar-refractivity contribution in [3.05, 3.63) is 105 Å². The quantitative estimate of drug-likeness (QED) is 0.295. The van der Waals surface area contributed by atoms with Gasteiger partial charge < -0.3 is 29.2 Å². The molecule has 9 rings (SSSR count). The Morgan fingerprint density at radius 1 is 0.667 bits per heavy atom. The number of nitrogens with zero attached hydrogens (tertiary/aromatic N) is 2. The molecule has 0 fully saturated rings. The largest absolute Gasteiger partial charge is 0.457 e. The van der Waals surface area contributed by atoms with Gasteiger partial charge in [-0.05, 0) is 104 Å². The van der Waals surface area contributed by atoms with Gasteiger partial charge in [-0.2, -0.15) is 0 Å². The lowest BCUT2D eigenvalue weighted by molar-refractivity contribution is 0.171. The third-order valence-electron chi connectivity index (χ3n) is 9.98. The molecule has 5 aliphatic rings. The van der Waals surface area contributed by atoms with Crippen LogP contribution in [0.5, 0.6) is 34.5 Å². The highest BCUT2D eigenvalue weighted by atomic mass is 16.7. The Hall–Kier alpha value is -4.08. The van der Waals surface area contributed by atoms with Gasteiger partial charge in [0.15, 0.2) is 11.5 Å². The van der Waals surface area contributed by atoms with Crippen molar-refractivity contribution in [3.8, 4) is 34.5 Å². The normalized spacial score (nSPS) is 20.5. The molecule has 0 saturated heterocycles. The van der Waals surface area contributed by atoms with Gasteiger partial charge in [-0.1, -0.05) is 24.3 Å². The van der Waals surface area contributed by atoms with Crippen molar-refractivity contribution in [2.24, 2.45) is 0 Å². The Balaban J connectivity index is 1.34. The van der Waals surface area contributed by atoms with E-state index in [4.69, 9.17) is 18.9 Å². The molecule has 2 atom stereocenters. The predicted molar refractivity (Wildman–Crippen MR) is 169 cm³/mol. The highest BCUT2D eigenvalue weighted by Gasteiger charge is 2.36. The number of ether oxygens (including phenoxy) is 4. The van der Waals surface area contributed by atoms with E-state index in [0.29, 0.717) is 28.7 Å². The van der Waals surface area contributed by atoms with Crippen LogP contribution in [0.4, 0.5) is 0 Å². The third kappa shape index (κ3) is 5.02. The van der Waals surface area contributed by atoms with E-state index < -0.39 is 0 Å². The minimum atomic E-state index is -0.128. The summed E-state index contributed by atoms with van der Waals surface area (Å²) in [7, 11) is 4.32. The zero-order valence-corrected chi connectivity index (χ0v) is 25.7. The van der Waals surface area contributed by atoms with Crippen LogP contribution < -0.4 is 18.9 Å². The van der Waals surface area contributed by atoms with E-state index in [1.54, 1.807) is 0 Å². The molecule has 0 radical (unpaired) electrons. The van der Waals surface area contributed by atoms with Crippen molar-refractivity contribution in [2.45, 2.75) is 51.0 Å². The smallest absolute Gasteiger partial charge is 0.231 e. The molecule has 5 aliphatic heterocycles. The Labute approximate surface area is 263 Å². The van der Waals surface area contributed by atoms with Crippen molar-refractivity contribution in [1.82, 2.24) is 9.80 Å². The number of fused-ring (bicyclic) bond motifs is 3. The molecular formula is C37H38N2O6. The van der Waals surface area contributed by atoms with E-state index in [2.05, 4.69) is 66.4 Å². The summed E-state index contributed by atoms with van der Waals surface area (Å²) < 4.78 is 25.3. The second-order valence-electron chi connectivity index (χ2n) is 12.7. The SMILES string of the molecule is CN1CCc2cc(CO)c3cc2[C@H]1Cc1ccc(CO)c(c1)Oc1ccc(cc1)C[C@H]1c2c(cc4c(c2O3)OCO4)CCN1C. The lowest BCUT2D eigenvalue weighted by Gasteiger charge is -2.37. The molecule has 232 valence electrons. The van der Waals surface area contributed by atoms with Crippen LogP contribution in [0, 0.1) is 0 Å². The van der Waals surface area contributed by atoms with E-state index >= 15 is 0 Å². The van der Waals surface area contributed by atoms with Crippen LogP contribution in [0.25, 0.3) is 0 Å². The van der Waals surface area contributed by atoms with E-state index in [1.165, 1.54) is 22.3 Å². The molecule has 0 aliphatic carbocycles. The summed E-state index contributed by atoms with van der Waals surface area (Å²) >= 11 is 0. The first kappa shape index (κ1) is 28.4. The van der Waals surface area contributed by atoms with Crippen LogP contribution in [-0.4, -0.2) is 54.0 Å². The van der Waals surface area contributed by atoms with Gasteiger partial charge in [0, 0.05) is 41.9 Å². The highest BCUT2D eigenvalue weighted by Crippen LogP contribution is 2.52. The van der Waals surface area contributed by atoms with Gasteiger partial charge in [0.2, 0.25) is 12.5 Å². The minimum Gasteiger partial charge on any atom is -0.457 e. The predicted octanol–water partition coefficient (Wildman–Crippen LogP) is 5.84. The van der Waals surface area contributed by atoms with Crippen molar-refractivity contribution in [3.63, 3.8) is 0 Å². The van der Waals surface area contributed by atoms with Gasteiger partial charge in [-0.3, -0.25) is 9.80 Å². The fraction of sp³-hybridized carbons (Fsp3) is 0.351. The fourth-order valence-electron chi connectivity index (χ4n) is 7.40. The maximum absolute atomic E-state index is 10.6. The molecule has 6 bridgehead atoms. The molecule has 45 heavy (non-hydrogen) atoms. The van der Waals surface area contributed by atoms with E-state index in [9.17, 15) is 10.2 Å². The number of benzene rings is 4. The molecule has 8 heteroatoms. The van der Waals surface area contributed by atoms with Gasteiger partial charge in [0.1, 0.15) is 17.2 Å². The first-order valence-corrected chi connectivity index (χ1v) is 15.8. The Kier molecular flexibility index (Phi) is 7.18. The Bertz CT molecular complexity index is 1770. The zero-order valence-electron chi connectivity index (χ0n) is 25.7. The molecular weight excluding hydrogens is 568 g/mol. The van der Waals surface area contributed by atoms with Crippen LogP contribution in [0.3, 0.4) is 0 Å². The lowest BCUT2D eigenvalue weighted by atomic mass is 9.86. The summed E-state index contributed by atoms with van der Waals surface area (Å²) in [4.78, 5) is 4.76. The minimum absolute atomic E-state index is 0.0376. The van der Waals surface area contributed by atoms with Crippen LogP contribution in [0.15, 0.2) is 60.7 Å². The van der Waals surface area contributed by atoms with Crippen molar-refractivity contribution in [1.29, 1.82) is 0 Å². The van der Waals surface area contributed by atoms with Gasteiger partial charge in [0.25, 0.3) is 0 Å². The van der Waals surface area contributed by atoms with Crippen LogP contribution in [-0.2, 0) is 38.9 Å². The average molecular weight is 607 g/mol. The summed E-state index contributed by atoms with van der Waals surface area (Å²) in [6, 6.07) is 20.8. The second-order valence-corrected chi connectivity index (χ2v) is 12.7. The molecule has 4 aromatic rings. The molecule has 8 nitrogen and oxygen atoms in total. The summed E-state index contributed by atoms with van der Waals surface area (Å²) in [5, 5.41) is 20.7. The van der Waals surface area contributed by atoms with Crippen molar-refractivity contribution >= 4 is 0 Å².